The van der Waals surface area contributed by atoms with E-state index in [1.807, 2.05) is 24.1 Å². The van der Waals surface area contributed by atoms with Crippen LogP contribution >= 0.6 is 24.0 Å². The number of likely N-dealkylation sites (tertiary alicyclic amines) is 1. The molecule has 0 radical (unpaired) electrons. The van der Waals surface area contributed by atoms with Crippen molar-refractivity contribution < 1.29 is 0 Å². The van der Waals surface area contributed by atoms with Gasteiger partial charge in [0.2, 0.25) is 0 Å². The molecule has 0 bridgehead atoms. The Morgan fingerprint density at radius 2 is 2.27 bits per heavy atom. The van der Waals surface area contributed by atoms with Crippen LogP contribution in [0.1, 0.15) is 42.5 Å². The lowest BCUT2D eigenvalue weighted by Crippen LogP contribution is -2.40. The summed E-state index contributed by atoms with van der Waals surface area (Å²) in [6, 6.07) is 0. The smallest absolute Gasteiger partial charge is 0.193 e. The number of guanidine groups is 1. The fourth-order valence-electron chi connectivity index (χ4n) is 3.38. The molecule has 0 saturated carbocycles. The number of H-pyrrole nitrogens is 1. The third-order valence-electron chi connectivity index (χ3n) is 4.82. The molecule has 144 valence electrons. The molecule has 2 N–H and O–H groups in total. The summed E-state index contributed by atoms with van der Waals surface area (Å²) in [5.41, 5.74) is 3.78. The third-order valence-corrected chi connectivity index (χ3v) is 4.82. The number of aliphatic imine (C=N–C) groups is 1. The number of rotatable bonds is 6. The molecule has 8 heteroatoms. The maximum absolute atomic E-state index is 4.84. The summed E-state index contributed by atoms with van der Waals surface area (Å²) in [5, 5.41) is 14.8. The number of hydrogen-bond acceptors (Lipinski definition) is 3. The average Bonchev–Trinajstić information content (AvgIpc) is 3.32. The molecule has 0 aliphatic carbocycles. The third kappa shape index (κ3) is 5.21. The van der Waals surface area contributed by atoms with Crippen LogP contribution in [0.25, 0.3) is 0 Å². The lowest BCUT2D eigenvalue weighted by Gasteiger charge is -2.21. The Hall–Kier alpha value is -1.58. The summed E-state index contributed by atoms with van der Waals surface area (Å²) in [6.07, 6.45) is 9.25. The SMILES string of the molecule is CCNC(=NCCCc1cn[nH]c1C)N1CCC(c2cnn(C)c2)C1.I. The van der Waals surface area contributed by atoms with Crippen LogP contribution in [-0.2, 0) is 13.5 Å². The minimum absolute atomic E-state index is 0. The second-order valence-electron chi connectivity index (χ2n) is 6.74. The van der Waals surface area contributed by atoms with Gasteiger partial charge in [-0.15, -0.1) is 24.0 Å². The topological polar surface area (TPSA) is 74.1 Å². The molecular formula is C18H30IN7. The van der Waals surface area contributed by atoms with E-state index >= 15 is 0 Å². The molecule has 3 rings (SSSR count). The second kappa shape index (κ2) is 9.94. The highest BCUT2D eigenvalue weighted by molar-refractivity contribution is 14.0. The van der Waals surface area contributed by atoms with Crippen LogP contribution in [0.15, 0.2) is 23.6 Å². The zero-order valence-corrected chi connectivity index (χ0v) is 18.2. The minimum Gasteiger partial charge on any atom is -0.357 e. The van der Waals surface area contributed by atoms with E-state index in [0.717, 1.165) is 57.1 Å². The molecule has 26 heavy (non-hydrogen) atoms. The lowest BCUT2D eigenvalue weighted by molar-refractivity contribution is 0.485. The molecule has 2 aromatic heterocycles. The van der Waals surface area contributed by atoms with Gasteiger partial charge in [0.25, 0.3) is 0 Å². The number of nitrogens with zero attached hydrogens (tertiary/aromatic N) is 5. The van der Waals surface area contributed by atoms with Gasteiger partial charge in [0.15, 0.2) is 5.96 Å². The number of hydrogen-bond donors (Lipinski definition) is 2. The van der Waals surface area contributed by atoms with E-state index in [0.29, 0.717) is 5.92 Å². The van der Waals surface area contributed by atoms with Crippen LogP contribution in [0.3, 0.4) is 0 Å². The molecule has 1 unspecified atom stereocenters. The molecule has 1 fully saturated rings. The van der Waals surface area contributed by atoms with E-state index < -0.39 is 0 Å². The molecule has 7 nitrogen and oxygen atoms in total. The van der Waals surface area contributed by atoms with Crippen molar-refractivity contribution in [1.29, 1.82) is 0 Å². The van der Waals surface area contributed by atoms with Gasteiger partial charge in [-0.1, -0.05) is 0 Å². The first kappa shape index (κ1) is 20.7. The number of halogens is 1. The van der Waals surface area contributed by atoms with E-state index in [1.54, 1.807) is 0 Å². The number of aryl methyl sites for hydroxylation is 3. The summed E-state index contributed by atoms with van der Waals surface area (Å²) < 4.78 is 1.88. The summed E-state index contributed by atoms with van der Waals surface area (Å²) >= 11 is 0. The number of aromatic amines is 1. The Kier molecular flexibility index (Phi) is 7.92. The van der Waals surface area contributed by atoms with Crippen molar-refractivity contribution in [3.63, 3.8) is 0 Å². The predicted octanol–water partition coefficient (Wildman–Crippen LogP) is 2.46. The van der Waals surface area contributed by atoms with Gasteiger partial charge in [-0.05, 0) is 44.2 Å². The molecule has 0 aromatic carbocycles. The fourth-order valence-corrected chi connectivity index (χ4v) is 3.38. The normalized spacial score (nSPS) is 17.4. The van der Waals surface area contributed by atoms with E-state index in [2.05, 4.69) is 45.6 Å². The lowest BCUT2D eigenvalue weighted by atomic mass is 10.0. The molecule has 1 aliphatic rings. The van der Waals surface area contributed by atoms with E-state index in [4.69, 9.17) is 4.99 Å². The summed E-state index contributed by atoms with van der Waals surface area (Å²) in [4.78, 5) is 7.22. The van der Waals surface area contributed by atoms with Crippen LogP contribution in [0.5, 0.6) is 0 Å². The molecule has 0 amide bonds. The Morgan fingerprint density at radius 1 is 1.42 bits per heavy atom. The molecule has 2 aromatic rings. The molecule has 1 saturated heterocycles. The Labute approximate surface area is 172 Å². The first-order chi connectivity index (χ1) is 12.2. The van der Waals surface area contributed by atoms with Crippen molar-refractivity contribution in [3.05, 3.63) is 35.4 Å². The molecular weight excluding hydrogens is 441 g/mol. The minimum atomic E-state index is 0. The molecule has 3 heterocycles. The van der Waals surface area contributed by atoms with Gasteiger partial charge in [-0.3, -0.25) is 14.8 Å². The first-order valence-electron chi connectivity index (χ1n) is 9.18. The fraction of sp³-hybridized carbons (Fsp3) is 0.611. The van der Waals surface area contributed by atoms with Crippen LogP contribution in [0.2, 0.25) is 0 Å². The van der Waals surface area contributed by atoms with Crippen molar-refractivity contribution in [2.75, 3.05) is 26.2 Å². The summed E-state index contributed by atoms with van der Waals surface area (Å²) in [7, 11) is 1.98. The van der Waals surface area contributed by atoms with Crippen molar-refractivity contribution in [2.24, 2.45) is 12.0 Å². The maximum Gasteiger partial charge on any atom is 0.193 e. The zero-order valence-electron chi connectivity index (χ0n) is 15.9. The second-order valence-corrected chi connectivity index (χ2v) is 6.74. The van der Waals surface area contributed by atoms with Crippen LogP contribution in [0.4, 0.5) is 0 Å². The standard InChI is InChI=1S/C18H29N7.HI/c1-4-19-18(20-8-5-6-15-10-21-23-14(15)2)25-9-7-16(13-25)17-11-22-24(3)12-17;/h10-12,16H,4-9,13H2,1-3H3,(H,19,20)(H,21,23);1H. The highest BCUT2D eigenvalue weighted by Gasteiger charge is 2.26. The van der Waals surface area contributed by atoms with Crippen molar-refractivity contribution in [3.8, 4) is 0 Å². The predicted molar refractivity (Wildman–Crippen MR) is 115 cm³/mol. The first-order valence-corrected chi connectivity index (χ1v) is 9.18. The van der Waals surface area contributed by atoms with Crippen molar-refractivity contribution in [1.82, 2.24) is 30.2 Å². The Balaban J connectivity index is 0.00000243. The largest absolute Gasteiger partial charge is 0.357 e. The van der Waals surface area contributed by atoms with Crippen LogP contribution in [-0.4, -0.2) is 57.0 Å². The van der Waals surface area contributed by atoms with E-state index in [1.165, 1.54) is 11.1 Å². The van der Waals surface area contributed by atoms with Gasteiger partial charge < -0.3 is 10.2 Å². The zero-order chi connectivity index (χ0) is 17.6. The van der Waals surface area contributed by atoms with E-state index in [-0.39, 0.29) is 24.0 Å². The van der Waals surface area contributed by atoms with Crippen molar-refractivity contribution >= 4 is 29.9 Å². The van der Waals surface area contributed by atoms with Crippen LogP contribution < -0.4 is 5.32 Å². The van der Waals surface area contributed by atoms with Crippen molar-refractivity contribution in [2.45, 2.75) is 39.0 Å². The van der Waals surface area contributed by atoms with Gasteiger partial charge in [0, 0.05) is 51.0 Å². The highest BCUT2D eigenvalue weighted by atomic mass is 127. The summed E-state index contributed by atoms with van der Waals surface area (Å²) in [6.45, 7) is 7.98. The van der Waals surface area contributed by atoms with E-state index in [9.17, 15) is 0 Å². The van der Waals surface area contributed by atoms with Gasteiger partial charge in [-0.2, -0.15) is 10.2 Å². The van der Waals surface area contributed by atoms with Gasteiger partial charge in [0.1, 0.15) is 0 Å². The molecule has 1 atom stereocenters. The molecule has 0 spiro atoms. The summed E-state index contributed by atoms with van der Waals surface area (Å²) in [5.74, 6) is 1.59. The molecule has 1 aliphatic heterocycles. The van der Waals surface area contributed by atoms with Crippen LogP contribution in [0, 0.1) is 6.92 Å². The quantitative estimate of drug-likeness (QED) is 0.294. The van der Waals surface area contributed by atoms with Gasteiger partial charge >= 0.3 is 0 Å². The monoisotopic (exact) mass is 471 g/mol. The Bertz CT molecular complexity index is 706. The van der Waals surface area contributed by atoms with Gasteiger partial charge in [0.05, 0.1) is 12.4 Å². The average molecular weight is 471 g/mol. The van der Waals surface area contributed by atoms with Gasteiger partial charge in [-0.25, -0.2) is 0 Å². The number of nitrogens with one attached hydrogen (secondary N) is 2. The highest BCUT2D eigenvalue weighted by Crippen LogP contribution is 2.26. The maximum atomic E-state index is 4.84. The number of aromatic nitrogens is 4. The Morgan fingerprint density at radius 3 is 2.92 bits per heavy atom.